The standard InChI is InChI=1S/C19H30N6O2/c1-13-10-20-17(22-13)12-24-6-2-14(3-7-24)15-4-8-25(9-5-15)18(26)16-11-21-19(27)23-16/h10,14-16H,2-9,11-12H2,1H3,(H,20,22)(H2,21,23,27). The SMILES string of the molecule is Cc1cnc(CN2CCC(C3CCN(C(=O)C4CNC(=O)N4)CC3)CC2)[nH]1. The number of likely N-dealkylation sites (tertiary alicyclic amines) is 2. The molecule has 3 fully saturated rings. The Morgan fingerprint density at radius 3 is 2.37 bits per heavy atom. The first-order chi connectivity index (χ1) is 13.1. The number of aromatic amines is 1. The van der Waals surface area contributed by atoms with Gasteiger partial charge < -0.3 is 20.5 Å². The largest absolute Gasteiger partial charge is 0.345 e. The van der Waals surface area contributed by atoms with Crippen LogP contribution in [0.25, 0.3) is 0 Å². The lowest BCUT2D eigenvalue weighted by Gasteiger charge is -2.40. The van der Waals surface area contributed by atoms with Gasteiger partial charge >= 0.3 is 6.03 Å². The first-order valence-corrected chi connectivity index (χ1v) is 10.1. The van der Waals surface area contributed by atoms with Crippen molar-refractivity contribution in [2.75, 3.05) is 32.7 Å². The Balaban J connectivity index is 1.20. The lowest BCUT2D eigenvalue weighted by atomic mass is 9.78. The first kappa shape index (κ1) is 18.3. The Morgan fingerprint density at radius 2 is 1.81 bits per heavy atom. The van der Waals surface area contributed by atoms with Crippen LogP contribution in [0.5, 0.6) is 0 Å². The Morgan fingerprint density at radius 1 is 1.15 bits per heavy atom. The van der Waals surface area contributed by atoms with Gasteiger partial charge in [-0.15, -0.1) is 0 Å². The Kier molecular flexibility index (Phi) is 5.33. The molecule has 0 aliphatic carbocycles. The first-order valence-electron chi connectivity index (χ1n) is 10.1. The van der Waals surface area contributed by atoms with E-state index in [1.54, 1.807) is 0 Å². The summed E-state index contributed by atoms with van der Waals surface area (Å²) in [5, 5.41) is 5.36. The van der Waals surface area contributed by atoms with Crippen LogP contribution in [-0.2, 0) is 11.3 Å². The predicted octanol–water partition coefficient (Wildman–Crippen LogP) is 0.850. The molecule has 3 N–H and O–H groups in total. The molecular formula is C19H30N6O2. The number of hydrogen-bond acceptors (Lipinski definition) is 4. The molecule has 0 aromatic carbocycles. The van der Waals surface area contributed by atoms with Crippen LogP contribution in [0.1, 0.15) is 37.2 Å². The highest BCUT2D eigenvalue weighted by molar-refractivity contribution is 5.90. The highest BCUT2D eigenvalue weighted by atomic mass is 16.2. The normalized spacial score (nSPS) is 25.4. The summed E-state index contributed by atoms with van der Waals surface area (Å²) in [5.41, 5.74) is 1.12. The second-order valence-electron chi connectivity index (χ2n) is 8.20. The van der Waals surface area contributed by atoms with Crippen molar-refractivity contribution in [2.24, 2.45) is 11.8 Å². The van der Waals surface area contributed by atoms with E-state index in [1.165, 1.54) is 12.8 Å². The number of amides is 3. The number of carbonyl (C=O) groups is 2. The maximum Gasteiger partial charge on any atom is 0.315 e. The van der Waals surface area contributed by atoms with Gasteiger partial charge in [0.2, 0.25) is 5.91 Å². The van der Waals surface area contributed by atoms with Gasteiger partial charge in [0.05, 0.1) is 6.54 Å². The van der Waals surface area contributed by atoms with Crippen LogP contribution in [0.3, 0.4) is 0 Å². The Labute approximate surface area is 160 Å². The minimum absolute atomic E-state index is 0.0651. The average Bonchev–Trinajstić information content (AvgIpc) is 3.30. The molecule has 1 aromatic rings. The number of carbonyl (C=O) groups excluding carboxylic acids is 2. The predicted molar refractivity (Wildman–Crippen MR) is 101 cm³/mol. The van der Waals surface area contributed by atoms with Crippen molar-refractivity contribution >= 4 is 11.9 Å². The summed E-state index contributed by atoms with van der Waals surface area (Å²) in [7, 11) is 0. The van der Waals surface area contributed by atoms with Crippen molar-refractivity contribution in [3.05, 3.63) is 17.7 Å². The average molecular weight is 374 g/mol. The summed E-state index contributed by atoms with van der Waals surface area (Å²) in [4.78, 5) is 35.9. The van der Waals surface area contributed by atoms with Crippen molar-refractivity contribution in [1.29, 1.82) is 0 Å². The molecule has 148 valence electrons. The summed E-state index contributed by atoms with van der Waals surface area (Å²) < 4.78 is 0. The van der Waals surface area contributed by atoms with Gasteiger partial charge in [0.25, 0.3) is 0 Å². The molecule has 1 unspecified atom stereocenters. The number of aryl methyl sites for hydroxylation is 1. The van der Waals surface area contributed by atoms with Crippen LogP contribution in [0.15, 0.2) is 6.20 Å². The number of hydrogen-bond donors (Lipinski definition) is 3. The van der Waals surface area contributed by atoms with E-state index in [-0.39, 0.29) is 18.0 Å². The number of nitrogens with one attached hydrogen (secondary N) is 3. The number of rotatable bonds is 4. The zero-order valence-corrected chi connectivity index (χ0v) is 16.0. The number of imidazole rings is 1. The molecule has 1 atom stereocenters. The van der Waals surface area contributed by atoms with E-state index in [1.807, 2.05) is 18.0 Å². The van der Waals surface area contributed by atoms with Crippen LogP contribution in [-0.4, -0.2) is 70.5 Å². The van der Waals surface area contributed by atoms with E-state index in [9.17, 15) is 9.59 Å². The summed E-state index contributed by atoms with van der Waals surface area (Å²) in [6, 6.07) is -0.623. The summed E-state index contributed by atoms with van der Waals surface area (Å²) in [6.07, 6.45) is 6.54. The van der Waals surface area contributed by atoms with Gasteiger partial charge in [0.1, 0.15) is 11.9 Å². The van der Waals surface area contributed by atoms with Crippen LogP contribution < -0.4 is 10.6 Å². The maximum atomic E-state index is 12.5. The molecule has 3 aliphatic heterocycles. The van der Waals surface area contributed by atoms with Gasteiger partial charge in [-0.3, -0.25) is 9.69 Å². The molecule has 3 aliphatic rings. The van der Waals surface area contributed by atoms with E-state index < -0.39 is 0 Å². The Bertz CT molecular complexity index is 673. The van der Waals surface area contributed by atoms with Crippen molar-refractivity contribution in [3.8, 4) is 0 Å². The fourth-order valence-electron chi connectivity index (χ4n) is 4.76. The van der Waals surface area contributed by atoms with E-state index >= 15 is 0 Å². The number of aromatic nitrogens is 2. The molecule has 0 bridgehead atoms. The third-order valence-corrected chi connectivity index (χ3v) is 6.35. The van der Waals surface area contributed by atoms with Gasteiger partial charge in [0, 0.05) is 31.5 Å². The van der Waals surface area contributed by atoms with Crippen LogP contribution >= 0.6 is 0 Å². The molecule has 3 saturated heterocycles. The van der Waals surface area contributed by atoms with Crippen molar-refractivity contribution in [2.45, 2.75) is 45.2 Å². The number of urea groups is 1. The molecular weight excluding hydrogens is 344 g/mol. The monoisotopic (exact) mass is 374 g/mol. The van der Waals surface area contributed by atoms with Gasteiger partial charge in [-0.05, 0) is 57.5 Å². The van der Waals surface area contributed by atoms with Gasteiger partial charge in [0.15, 0.2) is 0 Å². The van der Waals surface area contributed by atoms with E-state index in [0.29, 0.717) is 6.54 Å². The maximum absolute atomic E-state index is 12.5. The quantitative estimate of drug-likeness (QED) is 0.728. The number of piperidine rings is 2. The highest BCUT2D eigenvalue weighted by Gasteiger charge is 2.35. The molecule has 0 saturated carbocycles. The molecule has 0 spiro atoms. The number of H-pyrrole nitrogens is 1. The third-order valence-electron chi connectivity index (χ3n) is 6.35. The molecule has 3 amide bonds. The van der Waals surface area contributed by atoms with Gasteiger partial charge in [-0.25, -0.2) is 9.78 Å². The van der Waals surface area contributed by atoms with Crippen molar-refractivity contribution in [3.63, 3.8) is 0 Å². The topological polar surface area (TPSA) is 93.4 Å². The van der Waals surface area contributed by atoms with Crippen LogP contribution in [0, 0.1) is 18.8 Å². The van der Waals surface area contributed by atoms with Crippen molar-refractivity contribution < 1.29 is 9.59 Å². The fraction of sp³-hybridized carbons (Fsp3) is 0.737. The second-order valence-corrected chi connectivity index (χ2v) is 8.20. The molecule has 0 radical (unpaired) electrons. The fourth-order valence-corrected chi connectivity index (χ4v) is 4.76. The minimum Gasteiger partial charge on any atom is -0.345 e. The minimum atomic E-state index is -0.387. The summed E-state index contributed by atoms with van der Waals surface area (Å²) in [6.45, 7) is 7.26. The zero-order valence-electron chi connectivity index (χ0n) is 16.0. The second kappa shape index (κ2) is 7.88. The number of nitrogens with zero attached hydrogens (tertiary/aromatic N) is 3. The molecule has 1 aromatic heterocycles. The molecule has 27 heavy (non-hydrogen) atoms. The van der Waals surface area contributed by atoms with Crippen LogP contribution in [0.4, 0.5) is 4.79 Å². The molecule has 4 rings (SSSR count). The van der Waals surface area contributed by atoms with Crippen molar-refractivity contribution in [1.82, 2.24) is 30.4 Å². The van der Waals surface area contributed by atoms with Gasteiger partial charge in [-0.1, -0.05) is 0 Å². The van der Waals surface area contributed by atoms with Gasteiger partial charge in [-0.2, -0.15) is 0 Å². The third kappa shape index (κ3) is 4.26. The summed E-state index contributed by atoms with van der Waals surface area (Å²) >= 11 is 0. The molecule has 8 nitrogen and oxygen atoms in total. The zero-order chi connectivity index (χ0) is 18.8. The lowest BCUT2D eigenvalue weighted by molar-refractivity contribution is -0.134. The molecule has 8 heteroatoms. The van der Waals surface area contributed by atoms with E-state index in [0.717, 1.165) is 68.9 Å². The van der Waals surface area contributed by atoms with E-state index in [2.05, 4.69) is 25.5 Å². The highest BCUT2D eigenvalue weighted by Crippen LogP contribution is 2.33. The Hall–Kier alpha value is -2.09. The lowest BCUT2D eigenvalue weighted by Crippen LogP contribution is -2.49. The smallest absolute Gasteiger partial charge is 0.315 e. The van der Waals surface area contributed by atoms with E-state index in [4.69, 9.17) is 0 Å². The molecule has 4 heterocycles. The van der Waals surface area contributed by atoms with Crippen LogP contribution in [0.2, 0.25) is 0 Å². The summed E-state index contributed by atoms with van der Waals surface area (Å²) in [5.74, 6) is 2.62.